The van der Waals surface area contributed by atoms with E-state index in [1.165, 1.54) is 7.11 Å². The van der Waals surface area contributed by atoms with E-state index in [-0.39, 0.29) is 18.7 Å². The Morgan fingerprint density at radius 1 is 0.953 bits per heavy atom. The molecule has 0 amide bonds. The molecule has 0 saturated heterocycles. The van der Waals surface area contributed by atoms with Crippen LogP contribution in [-0.2, 0) is 31.0 Å². The van der Waals surface area contributed by atoms with Crippen LogP contribution in [0, 0.1) is 10.5 Å². The van der Waals surface area contributed by atoms with Crippen LogP contribution in [0.5, 0.6) is 17.2 Å². The van der Waals surface area contributed by atoms with Gasteiger partial charge in [-0.1, -0.05) is 30.3 Å². The van der Waals surface area contributed by atoms with Crippen LogP contribution < -0.4 is 14.4 Å². The molecule has 0 aliphatic carbocycles. The normalized spacial score (nSPS) is 16.1. The van der Waals surface area contributed by atoms with Gasteiger partial charge in [-0.15, -0.1) is 0 Å². The first kappa shape index (κ1) is 29.0. The number of anilines is 2. The van der Waals surface area contributed by atoms with E-state index in [0.29, 0.717) is 35.7 Å². The van der Waals surface area contributed by atoms with E-state index in [0.717, 1.165) is 42.8 Å². The van der Waals surface area contributed by atoms with Crippen molar-refractivity contribution >= 4 is 45.9 Å². The first-order valence-corrected chi connectivity index (χ1v) is 14.9. The Morgan fingerprint density at radius 3 is 2.42 bits per heavy atom. The van der Waals surface area contributed by atoms with Crippen molar-refractivity contribution in [3.05, 3.63) is 110 Å². The molecule has 0 bridgehead atoms. The van der Waals surface area contributed by atoms with Crippen molar-refractivity contribution in [1.82, 2.24) is 0 Å². The summed E-state index contributed by atoms with van der Waals surface area (Å²) >= 11 is 2.21. The molecule has 0 aromatic heterocycles. The van der Waals surface area contributed by atoms with E-state index < -0.39 is 5.60 Å². The number of aryl methyl sites for hydroxylation is 2. The fourth-order valence-electron chi connectivity index (χ4n) is 5.78. The average Bonchev–Trinajstić information content (AvgIpc) is 3.32. The Labute approximate surface area is 263 Å². The quantitative estimate of drug-likeness (QED) is 0.111. The largest absolute Gasteiger partial charge is 0.469 e. The van der Waals surface area contributed by atoms with E-state index >= 15 is 0 Å². The van der Waals surface area contributed by atoms with Gasteiger partial charge < -0.3 is 28.6 Å². The van der Waals surface area contributed by atoms with E-state index in [2.05, 4.69) is 27.5 Å². The molecule has 6 rings (SSSR count). The maximum atomic E-state index is 13.3. The van der Waals surface area contributed by atoms with E-state index in [4.69, 9.17) is 23.7 Å². The van der Waals surface area contributed by atoms with Crippen molar-refractivity contribution < 1.29 is 33.3 Å². The van der Waals surface area contributed by atoms with Crippen molar-refractivity contribution in [2.45, 2.75) is 25.4 Å². The van der Waals surface area contributed by atoms with Gasteiger partial charge in [-0.2, -0.15) is 0 Å². The fourth-order valence-corrected chi connectivity index (χ4v) is 6.40. The molecule has 220 valence electrons. The standard InChI is InChI=1S/C34H30INO7/c1-20-15-25-29(17-28(20)36(2)22-12-9-21(10-13-22)11-14-32(37)40-4)42-30-18-31(41-19-39-3)27(35)16-26(30)34(25)24-8-6-5-7-23(24)33(38)43-34/h5-10,12-13,15-18H,11,14,19H2,1-4H3. The molecule has 43 heavy (non-hydrogen) atoms. The summed E-state index contributed by atoms with van der Waals surface area (Å²) in [6.07, 6.45) is 0.945. The SMILES string of the molecule is COCOc1cc2c(cc1I)C1(OC(=O)c3ccccc31)c1cc(C)c(N(C)c3ccc(CCC(=O)OC)cc3)cc1O2. The molecular formula is C34H30INO7. The Balaban J connectivity index is 1.44. The number of ether oxygens (including phenoxy) is 5. The third-order valence-electron chi connectivity index (χ3n) is 7.95. The second-order valence-corrected chi connectivity index (χ2v) is 11.6. The summed E-state index contributed by atoms with van der Waals surface area (Å²) in [5, 5.41) is 0. The molecular weight excluding hydrogens is 661 g/mol. The molecule has 2 aliphatic heterocycles. The number of methoxy groups -OCH3 is 2. The van der Waals surface area contributed by atoms with Crippen LogP contribution in [0.4, 0.5) is 11.4 Å². The van der Waals surface area contributed by atoms with Crippen molar-refractivity contribution in [2.24, 2.45) is 0 Å². The number of fused-ring (bicyclic) bond motifs is 6. The van der Waals surface area contributed by atoms with E-state index in [1.807, 2.05) is 80.7 Å². The van der Waals surface area contributed by atoms with E-state index in [9.17, 15) is 9.59 Å². The van der Waals surface area contributed by atoms with Crippen LogP contribution in [0.15, 0.2) is 72.8 Å². The highest BCUT2D eigenvalue weighted by Gasteiger charge is 2.54. The van der Waals surface area contributed by atoms with Gasteiger partial charge in [0.2, 0.25) is 0 Å². The lowest BCUT2D eigenvalue weighted by Crippen LogP contribution is -2.33. The number of halogens is 1. The van der Waals surface area contributed by atoms with Gasteiger partial charge in [0, 0.05) is 60.8 Å². The molecule has 1 atom stereocenters. The maximum absolute atomic E-state index is 13.3. The second kappa shape index (κ2) is 11.5. The number of nitrogens with zero attached hydrogens (tertiary/aromatic N) is 1. The zero-order valence-electron chi connectivity index (χ0n) is 24.2. The predicted octanol–water partition coefficient (Wildman–Crippen LogP) is 7.02. The molecule has 2 aliphatic rings. The van der Waals surface area contributed by atoms with Crippen LogP contribution in [0.3, 0.4) is 0 Å². The van der Waals surface area contributed by atoms with Crippen molar-refractivity contribution in [1.29, 1.82) is 0 Å². The van der Waals surface area contributed by atoms with Crippen molar-refractivity contribution in [2.75, 3.05) is 33.0 Å². The summed E-state index contributed by atoms with van der Waals surface area (Å²) in [6.45, 7) is 2.12. The van der Waals surface area contributed by atoms with Crippen LogP contribution in [0.25, 0.3) is 0 Å². The topological polar surface area (TPSA) is 83.5 Å². The van der Waals surface area contributed by atoms with Gasteiger partial charge in [0.05, 0.1) is 16.2 Å². The van der Waals surface area contributed by atoms with E-state index in [1.54, 1.807) is 13.2 Å². The Bertz CT molecular complexity index is 1740. The molecule has 8 nitrogen and oxygen atoms in total. The van der Waals surface area contributed by atoms with Gasteiger partial charge in [0.25, 0.3) is 0 Å². The summed E-state index contributed by atoms with van der Waals surface area (Å²) in [4.78, 5) is 26.9. The number of hydrogen-bond acceptors (Lipinski definition) is 8. The minimum Gasteiger partial charge on any atom is -0.469 e. The van der Waals surface area contributed by atoms with Crippen LogP contribution in [0.1, 0.15) is 44.6 Å². The highest BCUT2D eigenvalue weighted by atomic mass is 127. The monoisotopic (exact) mass is 691 g/mol. The number of esters is 2. The summed E-state index contributed by atoms with van der Waals surface area (Å²) in [5.41, 5.74) is 5.55. The smallest absolute Gasteiger partial charge is 0.340 e. The zero-order valence-corrected chi connectivity index (χ0v) is 26.4. The number of benzene rings is 4. The lowest BCUT2D eigenvalue weighted by molar-refractivity contribution is -0.140. The first-order valence-electron chi connectivity index (χ1n) is 13.8. The third-order valence-corrected chi connectivity index (χ3v) is 8.79. The number of hydrogen-bond donors (Lipinski definition) is 0. The molecule has 0 fully saturated rings. The molecule has 1 spiro atoms. The van der Waals surface area contributed by atoms with Gasteiger partial charge in [0.1, 0.15) is 17.2 Å². The highest BCUT2D eigenvalue weighted by Crippen LogP contribution is 2.58. The lowest BCUT2D eigenvalue weighted by Gasteiger charge is -2.38. The van der Waals surface area contributed by atoms with Crippen molar-refractivity contribution in [3.8, 4) is 17.2 Å². The fraction of sp³-hybridized carbons (Fsp3) is 0.235. The molecule has 1 unspecified atom stereocenters. The minimum absolute atomic E-state index is 0.0873. The molecule has 2 heterocycles. The molecule has 4 aromatic rings. The summed E-state index contributed by atoms with van der Waals surface area (Å²) in [7, 11) is 4.96. The Hall–Kier alpha value is -4.09. The summed E-state index contributed by atoms with van der Waals surface area (Å²) in [5.74, 6) is 1.12. The number of carbonyl (C=O) groups is 2. The van der Waals surface area contributed by atoms with Gasteiger partial charge in [-0.05, 0) is 77.4 Å². The van der Waals surface area contributed by atoms with Crippen LogP contribution in [0.2, 0.25) is 0 Å². The Kier molecular flexibility index (Phi) is 7.78. The molecule has 0 radical (unpaired) electrons. The van der Waals surface area contributed by atoms with Gasteiger partial charge in [-0.25, -0.2) is 4.79 Å². The zero-order chi connectivity index (χ0) is 30.3. The van der Waals surface area contributed by atoms with Crippen LogP contribution in [-0.4, -0.2) is 40.0 Å². The highest BCUT2D eigenvalue weighted by molar-refractivity contribution is 14.1. The summed E-state index contributed by atoms with van der Waals surface area (Å²) < 4.78 is 29.5. The minimum atomic E-state index is -1.18. The number of carbonyl (C=O) groups excluding carboxylic acids is 2. The Morgan fingerprint density at radius 2 is 1.67 bits per heavy atom. The first-order chi connectivity index (χ1) is 20.8. The third kappa shape index (κ3) is 5.00. The molecule has 0 saturated carbocycles. The molecule has 4 aromatic carbocycles. The maximum Gasteiger partial charge on any atom is 0.340 e. The van der Waals surface area contributed by atoms with Gasteiger partial charge in [0.15, 0.2) is 12.4 Å². The van der Waals surface area contributed by atoms with Crippen molar-refractivity contribution in [3.63, 3.8) is 0 Å². The summed E-state index contributed by atoms with van der Waals surface area (Å²) in [6, 6.07) is 23.4. The van der Waals surface area contributed by atoms with Crippen LogP contribution >= 0.6 is 22.6 Å². The second-order valence-electron chi connectivity index (χ2n) is 10.5. The average molecular weight is 692 g/mol. The lowest BCUT2D eigenvalue weighted by atomic mass is 9.77. The van der Waals surface area contributed by atoms with Gasteiger partial charge >= 0.3 is 11.9 Å². The predicted molar refractivity (Wildman–Crippen MR) is 169 cm³/mol. The molecule has 9 heteroatoms. The van der Waals surface area contributed by atoms with Gasteiger partial charge in [-0.3, -0.25) is 4.79 Å². The number of rotatable bonds is 8. The molecule has 0 N–H and O–H groups in total.